The lowest BCUT2D eigenvalue weighted by atomic mass is 10.4. The van der Waals surface area contributed by atoms with Crippen molar-refractivity contribution in [3.63, 3.8) is 0 Å². The van der Waals surface area contributed by atoms with Crippen LogP contribution >= 0.6 is 0 Å². The number of nitrogens with one attached hydrogen (secondary N) is 2. The second-order valence-electron chi connectivity index (χ2n) is 2.64. The zero-order valence-electron chi connectivity index (χ0n) is 7.60. The predicted octanol–water partition coefficient (Wildman–Crippen LogP) is -2.22. The number of H-pyrrole nitrogens is 1. The molecule has 1 amide bonds. The van der Waals surface area contributed by atoms with Crippen LogP contribution in [-0.4, -0.2) is 42.8 Å². The van der Waals surface area contributed by atoms with Crippen LogP contribution in [0.2, 0.25) is 0 Å². The van der Waals surface area contributed by atoms with E-state index in [9.17, 15) is 13.2 Å². The van der Waals surface area contributed by atoms with E-state index in [4.69, 9.17) is 10.2 Å². The molecule has 0 unspecified atom stereocenters. The highest BCUT2D eigenvalue weighted by atomic mass is 32.2. The van der Waals surface area contributed by atoms with E-state index in [0.717, 1.165) is 6.07 Å². The Morgan fingerprint density at radius 1 is 1.67 bits per heavy atom. The second kappa shape index (κ2) is 4.38. The van der Waals surface area contributed by atoms with Gasteiger partial charge >= 0.3 is 0 Å². The number of aromatic nitrogens is 2. The van der Waals surface area contributed by atoms with Gasteiger partial charge in [0, 0.05) is 12.6 Å². The zero-order chi connectivity index (χ0) is 11.5. The summed E-state index contributed by atoms with van der Waals surface area (Å²) in [5.41, 5.74) is -0.104. The van der Waals surface area contributed by atoms with E-state index >= 15 is 0 Å². The quantitative estimate of drug-likeness (QED) is 0.467. The van der Waals surface area contributed by atoms with Gasteiger partial charge < -0.3 is 10.4 Å². The molecule has 1 aromatic rings. The molecular weight excluding hydrogens is 224 g/mol. The van der Waals surface area contributed by atoms with Crippen molar-refractivity contribution in [2.24, 2.45) is 5.14 Å². The number of carbonyl (C=O) groups excluding carboxylic acids is 1. The number of rotatable bonds is 4. The second-order valence-corrected chi connectivity index (χ2v) is 4.17. The Labute approximate surface area is 85.5 Å². The first-order chi connectivity index (χ1) is 6.95. The van der Waals surface area contributed by atoms with Gasteiger partial charge in [0.1, 0.15) is 0 Å². The fourth-order valence-electron chi connectivity index (χ4n) is 0.826. The molecular formula is C6H10N4O4S. The van der Waals surface area contributed by atoms with Crippen molar-refractivity contribution in [1.29, 1.82) is 0 Å². The van der Waals surface area contributed by atoms with Crippen LogP contribution in [-0.2, 0) is 10.0 Å². The van der Waals surface area contributed by atoms with Crippen LogP contribution in [0.25, 0.3) is 0 Å². The third-order valence-electron chi connectivity index (χ3n) is 1.49. The summed E-state index contributed by atoms with van der Waals surface area (Å²) in [4.78, 5) is 11.2. The van der Waals surface area contributed by atoms with E-state index in [1.165, 1.54) is 0 Å². The Bertz CT molecular complexity index is 451. The van der Waals surface area contributed by atoms with Crippen molar-refractivity contribution >= 4 is 15.9 Å². The molecule has 0 bridgehead atoms. The first-order valence-corrected chi connectivity index (χ1v) is 5.47. The Morgan fingerprint density at radius 2 is 2.33 bits per heavy atom. The van der Waals surface area contributed by atoms with Gasteiger partial charge in [-0.2, -0.15) is 5.10 Å². The van der Waals surface area contributed by atoms with Crippen LogP contribution in [0.15, 0.2) is 11.1 Å². The van der Waals surface area contributed by atoms with Crippen LogP contribution in [0, 0.1) is 0 Å². The molecule has 84 valence electrons. The summed E-state index contributed by atoms with van der Waals surface area (Å²) in [6.07, 6.45) is 0. The molecule has 0 aliphatic carbocycles. The number of carbonyl (C=O) groups is 1. The summed E-state index contributed by atoms with van der Waals surface area (Å²) in [6, 6.07) is 1.02. The van der Waals surface area contributed by atoms with E-state index in [0.29, 0.717) is 0 Å². The van der Waals surface area contributed by atoms with Gasteiger partial charge in [-0.15, -0.1) is 0 Å². The summed E-state index contributed by atoms with van der Waals surface area (Å²) >= 11 is 0. The fraction of sp³-hybridized carbons (Fsp3) is 0.333. The standard InChI is InChI=1S/C6H10N4O4S/c7-15(13,14)5-3-4(9-10-5)6(12)8-1-2-11/h3,11H,1-2H2,(H,8,12)(H,9,10)(H2,7,13,14). The number of nitrogens with two attached hydrogens (primary N) is 1. The largest absolute Gasteiger partial charge is 0.395 e. The Morgan fingerprint density at radius 3 is 2.80 bits per heavy atom. The third-order valence-corrected chi connectivity index (χ3v) is 2.31. The van der Waals surface area contributed by atoms with E-state index in [-0.39, 0.29) is 23.9 Å². The number of primary sulfonamides is 1. The molecule has 0 saturated heterocycles. The van der Waals surface area contributed by atoms with E-state index in [2.05, 4.69) is 15.5 Å². The topological polar surface area (TPSA) is 138 Å². The Balaban J connectivity index is 2.81. The highest BCUT2D eigenvalue weighted by Gasteiger charge is 2.15. The normalized spacial score (nSPS) is 11.3. The first kappa shape index (κ1) is 11.6. The monoisotopic (exact) mass is 234 g/mol. The average molecular weight is 234 g/mol. The summed E-state index contributed by atoms with van der Waals surface area (Å²) in [7, 11) is -3.88. The van der Waals surface area contributed by atoms with Crippen molar-refractivity contribution in [3.05, 3.63) is 11.8 Å². The molecule has 0 spiro atoms. The molecule has 9 heteroatoms. The summed E-state index contributed by atoms with van der Waals surface area (Å²) in [5.74, 6) is -0.588. The van der Waals surface area contributed by atoms with Crippen molar-refractivity contribution in [1.82, 2.24) is 15.5 Å². The number of aliphatic hydroxyl groups is 1. The molecule has 1 rings (SSSR count). The van der Waals surface area contributed by atoms with Crippen molar-refractivity contribution in [2.45, 2.75) is 5.03 Å². The molecule has 8 nitrogen and oxygen atoms in total. The zero-order valence-corrected chi connectivity index (χ0v) is 8.41. The van der Waals surface area contributed by atoms with Gasteiger partial charge in [-0.25, -0.2) is 13.6 Å². The van der Waals surface area contributed by atoms with Crippen molar-refractivity contribution < 1.29 is 18.3 Å². The minimum Gasteiger partial charge on any atom is -0.395 e. The fourth-order valence-corrected chi connectivity index (χ4v) is 1.27. The van der Waals surface area contributed by atoms with Crippen molar-refractivity contribution in [3.8, 4) is 0 Å². The molecule has 1 heterocycles. The number of aromatic amines is 1. The highest BCUT2D eigenvalue weighted by molar-refractivity contribution is 7.89. The molecule has 15 heavy (non-hydrogen) atoms. The minimum absolute atomic E-state index is 0.0659. The smallest absolute Gasteiger partial charge is 0.271 e. The van der Waals surface area contributed by atoms with Crippen LogP contribution < -0.4 is 10.5 Å². The molecule has 0 radical (unpaired) electrons. The molecule has 0 saturated carbocycles. The minimum atomic E-state index is -3.88. The number of hydrogen-bond acceptors (Lipinski definition) is 5. The molecule has 0 aliphatic heterocycles. The summed E-state index contributed by atoms with van der Waals surface area (Å²) < 4.78 is 21.6. The maximum Gasteiger partial charge on any atom is 0.271 e. The lowest BCUT2D eigenvalue weighted by molar-refractivity contribution is 0.0939. The molecule has 0 atom stereocenters. The van der Waals surface area contributed by atoms with Crippen LogP contribution in [0.1, 0.15) is 10.5 Å². The van der Waals surface area contributed by atoms with Gasteiger partial charge in [-0.05, 0) is 0 Å². The maximum atomic E-state index is 11.2. The van der Waals surface area contributed by atoms with Gasteiger partial charge in [0.25, 0.3) is 15.9 Å². The van der Waals surface area contributed by atoms with Crippen LogP contribution in [0.4, 0.5) is 0 Å². The average Bonchev–Trinajstić information content (AvgIpc) is 2.62. The molecule has 5 N–H and O–H groups in total. The van der Waals surface area contributed by atoms with Crippen LogP contribution in [0.5, 0.6) is 0 Å². The predicted molar refractivity (Wildman–Crippen MR) is 49.4 cm³/mol. The van der Waals surface area contributed by atoms with Gasteiger partial charge in [0.15, 0.2) is 10.7 Å². The van der Waals surface area contributed by atoms with Crippen molar-refractivity contribution in [2.75, 3.05) is 13.2 Å². The number of nitrogens with zero attached hydrogens (tertiary/aromatic N) is 1. The Kier molecular flexibility index (Phi) is 3.39. The molecule has 1 aromatic heterocycles. The van der Waals surface area contributed by atoms with E-state index < -0.39 is 15.9 Å². The number of aliphatic hydroxyl groups excluding tert-OH is 1. The summed E-state index contributed by atoms with van der Waals surface area (Å²) in [5, 5.41) is 20.8. The SMILES string of the molecule is NS(=O)(=O)c1cc(C(=O)NCCO)n[nH]1. The summed E-state index contributed by atoms with van der Waals surface area (Å²) in [6.45, 7) is -0.144. The number of hydrogen-bond donors (Lipinski definition) is 4. The lowest BCUT2D eigenvalue weighted by Crippen LogP contribution is -2.26. The third kappa shape index (κ3) is 3.01. The highest BCUT2D eigenvalue weighted by Crippen LogP contribution is 2.03. The van der Waals surface area contributed by atoms with Gasteiger partial charge in [0.05, 0.1) is 6.61 Å². The van der Waals surface area contributed by atoms with Gasteiger partial charge in [0.2, 0.25) is 0 Å². The number of amides is 1. The molecule has 0 aromatic carbocycles. The number of sulfonamides is 1. The lowest BCUT2D eigenvalue weighted by Gasteiger charge is -1.97. The van der Waals surface area contributed by atoms with Gasteiger partial charge in [-0.1, -0.05) is 0 Å². The van der Waals surface area contributed by atoms with E-state index in [1.807, 2.05) is 0 Å². The molecule has 0 aliphatic rings. The maximum absolute atomic E-state index is 11.2. The Hall–Kier alpha value is -1.45. The first-order valence-electron chi connectivity index (χ1n) is 3.92. The van der Waals surface area contributed by atoms with E-state index in [1.54, 1.807) is 0 Å². The molecule has 0 fully saturated rings. The van der Waals surface area contributed by atoms with Gasteiger partial charge in [-0.3, -0.25) is 9.89 Å². The van der Waals surface area contributed by atoms with Crippen LogP contribution in [0.3, 0.4) is 0 Å².